The van der Waals surface area contributed by atoms with Crippen molar-refractivity contribution in [3.05, 3.63) is 64.7 Å². The first kappa shape index (κ1) is 17.5. The van der Waals surface area contributed by atoms with Crippen LogP contribution in [0.5, 0.6) is 5.75 Å². The minimum atomic E-state index is -0.648. The lowest BCUT2D eigenvalue weighted by atomic mass is 10.1. The molecule has 0 aromatic heterocycles. The first-order chi connectivity index (χ1) is 11.6. The number of para-hydroxylation sites is 1. The standard InChI is InChI=1S/C18H14ClNO4/c19-16-6-1-2-7-17(16)23-12-15(21)9-18(22)24-11-14-5-3-4-13(8-14)10-20/h1-8H,9,11-12H2. The number of hydrogen-bond donors (Lipinski definition) is 0. The van der Waals surface area contributed by atoms with Gasteiger partial charge in [-0.1, -0.05) is 35.9 Å². The third-order valence-electron chi connectivity index (χ3n) is 3.02. The van der Waals surface area contributed by atoms with Crippen LogP contribution < -0.4 is 4.74 Å². The molecule has 0 N–H and O–H groups in total. The van der Waals surface area contributed by atoms with Crippen LogP contribution in [0.4, 0.5) is 0 Å². The van der Waals surface area contributed by atoms with Crippen LogP contribution in [-0.2, 0) is 20.9 Å². The molecule has 24 heavy (non-hydrogen) atoms. The molecule has 0 heterocycles. The second-order valence-corrected chi connectivity index (χ2v) is 5.31. The largest absolute Gasteiger partial charge is 0.484 e. The van der Waals surface area contributed by atoms with Crippen LogP contribution in [0.15, 0.2) is 48.5 Å². The molecule has 0 spiro atoms. The number of nitrogens with zero attached hydrogens (tertiary/aromatic N) is 1. The summed E-state index contributed by atoms with van der Waals surface area (Å²) in [6, 6.07) is 15.5. The van der Waals surface area contributed by atoms with Crippen molar-refractivity contribution < 1.29 is 19.1 Å². The average Bonchev–Trinajstić information content (AvgIpc) is 2.59. The van der Waals surface area contributed by atoms with Crippen LogP contribution >= 0.6 is 11.6 Å². The first-order valence-electron chi connectivity index (χ1n) is 7.12. The second kappa shape index (κ2) is 8.70. The third-order valence-corrected chi connectivity index (χ3v) is 3.33. The Bertz CT molecular complexity index is 783. The number of ether oxygens (including phenoxy) is 2. The summed E-state index contributed by atoms with van der Waals surface area (Å²) in [5.74, 6) is -0.676. The Labute approximate surface area is 144 Å². The van der Waals surface area contributed by atoms with Crippen molar-refractivity contribution in [2.24, 2.45) is 0 Å². The number of halogens is 1. The molecular weight excluding hydrogens is 330 g/mol. The van der Waals surface area contributed by atoms with E-state index in [1.165, 1.54) is 0 Å². The van der Waals surface area contributed by atoms with Crippen molar-refractivity contribution in [3.8, 4) is 11.8 Å². The van der Waals surface area contributed by atoms with E-state index in [4.69, 9.17) is 26.3 Å². The topological polar surface area (TPSA) is 76.4 Å². The highest BCUT2D eigenvalue weighted by Crippen LogP contribution is 2.22. The van der Waals surface area contributed by atoms with Gasteiger partial charge in [0.2, 0.25) is 0 Å². The van der Waals surface area contributed by atoms with E-state index >= 15 is 0 Å². The van der Waals surface area contributed by atoms with Crippen LogP contribution in [0.3, 0.4) is 0 Å². The van der Waals surface area contributed by atoms with Crippen LogP contribution in [0, 0.1) is 11.3 Å². The molecule has 0 fully saturated rings. The van der Waals surface area contributed by atoms with E-state index in [9.17, 15) is 9.59 Å². The Morgan fingerprint density at radius 3 is 2.67 bits per heavy atom. The van der Waals surface area contributed by atoms with Gasteiger partial charge in [-0.15, -0.1) is 0 Å². The van der Waals surface area contributed by atoms with Crippen LogP contribution in [0.1, 0.15) is 17.5 Å². The normalized spacial score (nSPS) is 9.83. The highest BCUT2D eigenvalue weighted by Gasteiger charge is 2.12. The summed E-state index contributed by atoms with van der Waals surface area (Å²) in [5, 5.41) is 9.20. The minimum Gasteiger partial charge on any atom is -0.484 e. The molecule has 2 aromatic rings. The van der Waals surface area contributed by atoms with Crippen LogP contribution in [0.2, 0.25) is 5.02 Å². The molecule has 0 amide bonds. The Morgan fingerprint density at radius 2 is 1.92 bits per heavy atom. The van der Waals surface area contributed by atoms with Crippen LogP contribution in [0.25, 0.3) is 0 Å². The Balaban J connectivity index is 1.76. The van der Waals surface area contributed by atoms with Gasteiger partial charge in [0.1, 0.15) is 25.4 Å². The quantitative estimate of drug-likeness (QED) is 0.569. The van der Waals surface area contributed by atoms with Gasteiger partial charge in [-0.2, -0.15) is 5.26 Å². The van der Waals surface area contributed by atoms with Crippen molar-refractivity contribution >= 4 is 23.4 Å². The van der Waals surface area contributed by atoms with Gasteiger partial charge in [0.05, 0.1) is 16.7 Å². The second-order valence-electron chi connectivity index (χ2n) is 4.91. The number of carbonyl (C=O) groups is 2. The summed E-state index contributed by atoms with van der Waals surface area (Å²) in [6.45, 7) is -0.254. The molecule has 0 radical (unpaired) electrons. The predicted octanol–water partition coefficient (Wildman–Crippen LogP) is 3.29. The summed E-state index contributed by atoms with van der Waals surface area (Å²) >= 11 is 5.90. The first-order valence-corrected chi connectivity index (χ1v) is 7.50. The van der Waals surface area contributed by atoms with E-state index in [0.717, 1.165) is 0 Å². The molecule has 0 aliphatic rings. The molecule has 0 aliphatic heterocycles. The van der Waals surface area contributed by atoms with Gasteiger partial charge < -0.3 is 9.47 Å². The Hall–Kier alpha value is -2.84. The molecule has 2 rings (SSSR count). The minimum absolute atomic E-state index is 0.00695. The fourth-order valence-electron chi connectivity index (χ4n) is 1.88. The molecule has 0 atom stereocenters. The maximum Gasteiger partial charge on any atom is 0.313 e. The number of nitriles is 1. The van der Waals surface area contributed by atoms with E-state index in [1.54, 1.807) is 48.5 Å². The lowest BCUT2D eigenvalue weighted by Gasteiger charge is -2.07. The van der Waals surface area contributed by atoms with Gasteiger partial charge >= 0.3 is 5.97 Å². The van der Waals surface area contributed by atoms with Gasteiger partial charge in [0.25, 0.3) is 0 Å². The van der Waals surface area contributed by atoms with E-state index in [0.29, 0.717) is 21.9 Å². The molecule has 0 bridgehead atoms. The van der Waals surface area contributed by atoms with Crippen molar-refractivity contribution in [1.82, 2.24) is 0 Å². The maximum absolute atomic E-state index is 11.7. The molecular formula is C18H14ClNO4. The molecule has 6 heteroatoms. The molecule has 2 aromatic carbocycles. The van der Waals surface area contributed by atoms with Crippen molar-refractivity contribution in [2.75, 3.05) is 6.61 Å². The van der Waals surface area contributed by atoms with E-state index in [-0.39, 0.29) is 19.6 Å². The highest BCUT2D eigenvalue weighted by molar-refractivity contribution is 6.32. The number of ketones is 1. The van der Waals surface area contributed by atoms with Crippen molar-refractivity contribution in [3.63, 3.8) is 0 Å². The molecule has 0 saturated carbocycles. The smallest absolute Gasteiger partial charge is 0.313 e. The fraction of sp³-hybridized carbons (Fsp3) is 0.167. The lowest BCUT2D eigenvalue weighted by Crippen LogP contribution is -2.17. The van der Waals surface area contributed by atoms with Crippen molar-refractivity contribution in [1.29, 1.82) is 5.26 Å². The fourth-order valence-corrected chi connectivity index (χ4v) is 2.07. The van der Waals surface area contributed by atoms with E-state index in [1.807, 2.05) is 6.07 Å². The Morgan fingerprint density at radius 1 is 1.12 bits per heavy atom. The molecule has 0 saturated heterocycles. The molecule has 5 nitrogen and oxygen atoms in total. The van der Waals surface area contributed by atoms with Crippen molar-refractivity contribution in [2.45, 2.75) is 13.0 Å². The zero-order chi connectivity index (χ0) is 17.4. The van der Waals surface area contributed by atoms with E-state index < -0.39 is 11.8 Å². The summed E-state index contributed by atoms with van der Waals surface area (Å²) in [7, 11) is 0. The summed E-state index contributed by atoms with van der Waals surface area (Å²) in [5.41, 5.74) is 1.16. The average molecular weight is 344 g/mol. The zero-order valence-electron chi connectivity index (χ0n) is 12.7. The number of Topliss-reactive ketones (excluding diaryl/α,β-unsaturated/α-hetero) is 1. The molecule has 122 valence electrons. The maximum atomic E-state index is 11.7. The number of benzene rings is 2. The Kier molecular flexibility index (Phi) is 6.35. The van der Waals surface area contributed by atoms with Gasteiger partial charge in [-0.25, -0.2) is 0 Å². The van der Waals surface area contributed by atoms with Gasteiger partial charge in [-0.05, 0) is 29.8 Å². The summed E-state index contributed by atoms with van der Waals surface area (Å²) in [4.78, 5) is 23.4. The number of carbonyl (C=O) groups excluding carboxylic acids is 2. The monoisotopic (exact) mass is 343 g/mol. The van der Waals surface area contributed by atoms with Gasteiger partial charge in [-0.3, -0.25) is 9.59 Å². The predicted molar refractivity (Wildman–Crippen MR) is 87.5 cm³/mol. The van der Waals surface area contributed by atoms with Crippen LogP contribution in [-0.4, -0.2) is 18.4 Å². The lowest BCUT2D eigenvalue weighted by molar-refractivity contribution is -0.147. The highest BCUT2D eigenvalue weighted by atomic mass is 35.5. The zero-order valence-corrected chi connectivity index (χ0v) is 13.5. The molecule has 0 aliphatic carbocycles. The number of esters is 1. The summed E-state index contributed by atoms with van der Waals surface area (Å²) in [6.07, 6.45) is -0.387. The number of hydrogen-bond acceptors (Lipinski definition) is 5. The molecule has 0 unspecified atom stereocenters. The van der Waals surface area contributed by atoms with Gasteiger partial charge in [0, 0.05) is 0 Å². The SMILES string of the molecule is N#Cc1cccc(COC(=O)CC(=O)COc2ccccc2Cl)c1. The number of rotatable bonds is 7. The summed E-state index contributed by atoms with van der Waals surface area (Å²) < 4.78 is 10.3. The van der Waals surface area contributed by atoms with E-state index in [2.05, 4.69) is 0 Å². The third kappa shape index (κ3) is 5.41. The van der Waals surface area contributed by atoms with Gasteiger partial charge in [0.15, 0.2) is 5.78 Å².